The topological polar surface area (TPSA) is 85.9 Å². The predicted octanol–water partition coefficient (Wildman–Crippen LogP) is 1.69. The second kappa shape index (κ2) is 5.26. The van der Waals surface area contributed by atoms with Gasteiger partial charge in [0.1, 0.15) is 12.0 Å². The molecule has 2 rings (SSSR count). The van der Waals surface area contributed by atoms with Crippen LogP contribution in [-0.4, -0.2) is 25.7 Å². The van der Waals surface area contributed by atoms with Gasteiger partial charge in [0.15, 0.2) is 0 Å². The van der Waals surface area contributed by atoms with Crippen LogP contribution in [0.25, 0.3) is 0 Å². The van der Waals surface area contributed by atoms with Crippen LogP contribution in [0.15, 0.2) is 36.8 Å². The highest BCUT2D eigenvalue weighted by Crippen LogP contribution is 2.12. The summed E-state index contributed by atoms with van der Waals surface area (Å²) < 4.78 is 1.81. The van der Waals surface area contributed by atoms with Crippen molar-refractivity contribution < 1.29 is 4.92 Å². The Hall–Kier alpha value is -2.44. The zero-order valence-electron chi connectivity index (χ0n) is 9.85. The van der Waals surface area contributed by atoms with Crippen LogP contribution in [0.1, 0.15) is 6.92 Å². The van der Waals surface area contributed by atoms with Crippen LogP contribution in [0.4, 0.5) is 11.5 Å². The molecule has 0 unspecified atom stereocenters. The fourth-order valence-corrected chi connectivity index (χ4v) is 1.57. The molecule has 0 radical (unpaired) electrons. The SMILES string of the molecule is C[C@H](Cn1cccn1)Nc1ccc([N+](=O)[O-])cn1. The molecule has 1 atom stereocenters. The van der Waals surface area contributed by atoms with Gasteiger partial charge in [0.2, 0.25) is 0 Å². The van der Waals surface area contributed by atoms with Crippen molar-refractivity contribution in [3.8, 4) is 0 Å². The minimum absolute atomic E-state index is 0.0136. The summed E-state index contributed by atoms with van der Waals surface area (Å²) in [6.45, 7) is 2.69. The summed E-state index contributed by atoms with van der Waals surface area (Å²) in [6.07, 6.45) is 4.83. The van der Waals surface area contributed by atoms with Crippen LogP contribution >= 0.6 is 0 Å². The molecule has 0 fully saturated rings. The van der Waals surface area contributed by atoms with Crippen LogP contribution in [0, 0.1) is 10.1 Å². The maximum absolute atomic E-state index is 10.5. The first kappa shape index (κ1) is 12.0. The van der Waals surface area contributed by atoms with Crippen LogP contribution in [0.2, 0.25) is 0 Å². The molecule has 0 aromatic carbocycles. The molecular weight excluding hydrogens is 234 g/mol. The van der Waals surface area contributed by atoms with Gasteiger partial charge in [0.25, 0.3) is 5.69 Å². The summed E-state index contributed by atoms with van der Waals surface area (Å²) in [5, 5.41) is 17.7. The average molecular weight is 247 g/mol. The van der Waals surface area contributed by atoms with Gasteiger partial charge in [0, 0.05) is 24.5 Å². The van der Waals surface area contributed by atoms with E-state index in [2.05, 4.69) is 15.4 Å². The molecule has 0 aliphatic heterocycles. The molecule has 0 saturated heterocycles. The van der Waals surface area contributed by atoms with Crippen LogP contribution in [0.5, 0.6) is 0 Å². The lowest BCUT2D eigenvalue weighted by molar-refractivity contribution is -0.385. The van der Waals surface area contributed by atoms with Gasteiger partial charge < -0.3 is 5.32 Å². The summed E-state index contributed by atoms with van der Waals surface area (Å²) >= 11 is 0. The van der Waals surface area contributed by atoms with Crippen LogP contribution < -0.4 is 5.32 Å². The van der Waals surface area contributed by atoms with Gasteiger partial charge in [-0.1, -0.05) is 0 Å². The molecule has 0 amide bonds. The first-order chi connectivity index (χ1) is 8.65. The molecule has 1 N–H and O–H groups in total. The Morgan fingerprint density at radius 2 is 2.39 bits per heavy atom. The highest BCUT2D eigenvalue weighted by Gasteiger charge is 2.07. The second-order valence-corrected chi connectivity index (χ2v) is 3.93. The number of rotatable bonds is 5. The predicted molar refractivity (Wildman–Crippen MR) is 66.2 cm³/mol. The smallest absolute Gasteiger partial charge is 0.287 e. The van der Waals surface area contributed by atoms with Crippen LogP contribution in [-0.2, 0) is 6.54 Å². The fourth-order valence-electron chi connectivity index (χ4n) is 1.57. The lowest BCUT2D eigenvalue weighted by Crippen LogP contribution is -2.22. The Kier molecular flexibility index (Phi) is 3.52. The monoisotopic (exact) mass is 247 g/mol. The Bertz CT molecular complexity index is 509. The number of nitro groups is 1. The molecule has 0 bridgehead atoms. The number of nitrogens with one attached hydrogen (secondary N) is 1. The van der Waals surface area contributed by atoms with Crippen molar-refractivity contribution in [2.45, 2.75) is 19.5 Å². The molecule has 7 heteroatoms. The van der Waals surface area contributed by atoms with Gasteiger partial charge in [-0.2, -0.15) is 5.10 Å². The Morgan fingerprint density at radius 3 is 2.94 bits per heavy atom. The van der Waals surface area contributed by atoms with E-state index in [9.17, 15) is 10.1 Å². The van der Waals surface area contributed by atoms with Crippen molar-refractivity contribution in [1.82, 2.24) is 14.8 Å². The standard InChI is InChI=1S/C11H13N5O2/c1-9(8-15-6-2-5-13-15)14-11-4-3-10(7-12-11)16(17)18/h2-7,9H,8H2,1H3,(H,12,14)/t9-/m1/s1. The number of anilines is 1. The van der Waals surface area contributed by atoms with E-state index in [1.54, 1.807) is 12.3 Å². The number of hydrogen-bond donors (Lipinski definition) is 1. The molecule has 94 valence electrons. The van der Waals surface area contributed by atoms with Gasteiger partial charge in [0.05, 0.1) is 11.5 Å². The minimum atomic E-state index is -0.468. The maximum Gasteiger partial charge on any atom is 0.287 e. The third kappa shape index (κ3) is 3.03. The minimum Gasteiger partial charge on any atom is -0.366 e. The summed E-state index contributed by atoms with van der Waals surface area (Å²) in [6, 6.07) is 5.00. The highest BCUT2D eigenvalue weighted by atomic mass is 16.6. The average Bonchev–Trinajstić information content (AvgIpc) is 2.82. The van der Waals surface area contributed by atoms with E-state index in [-0.39, 0.29) is 11.7 Å². The lowest BCUT2D eigenvalue weighted by Gasteiger charge is -2.14. The van der Waals surface area contributed by atoms with Crippen molar-refractivity contribution >= 4 is 11.5 Å². The summed E-state index contributed by atoms with van der Waals surface area (Å²) in [5.41, 5.74) is -0.0136. The molecule has 2 heterocycles. The van der Waals surface area contributed by atoms with Gasteiger partial charge in [-0.05, 0) is 19.1 Å². The van der Waals surface area contributed by atoms with E-state index in [4.69, 9.17) is 0 Å². The van der Waals surface area contributed by atoms with Crippen molar-refractivity contribution in [3.63, 3.8) is 0 Å². The molecule has 0 saturated carbocycles. The molecule has 7 nitrogen and oxygen atoms in total. The van der Waals surface area contributed by atoms with E-state index in [0.29, 0.717) is 12.4 Å². The molecule has 0 spiro atoms. The first-order valence-electron chi connectivity index (χ1n) is 5.49. The normalized spacial score (nSPS) is 12.1. The van der Waals surface area contributed by atoms with Crippen molar-refractivity contribution in [2.24, 2.45) is 0 Å². The zero-order chi connectivity index (χ0) is 13.0. The fraction of sp³-hybridized carbons (Fsp3) is 0.273. The molecule has 18 heavy (non-hydrogen) atoms. The molecular formula is C11H13N5O2. The van der Waals surface area contributed by atoms with E-state index in [1.165, 1.54) is 12.3 Å². The third-order valence-electron chi connectivity index (χ3n) is 2.37. The molecule has 2 aromatic heterocycles. The third-order valence-corrected chi connectivity index (χ3v) is 2.37. The van der Waals surface area contributed by atoms with Crippen molar-refractivity contribution in [3.05, 3.63) is 46.9 Å². The van der Waals surface area contributed by atoms with E-state index < -0.39 is 4.92 Å². The maximum atomic E-state index is 10.5. The van der Waals surface area contributed by atoms with Gasteiger partial charge in [-0.25, -0.2) is 4.98 Å². The summed E-state index contributed by atoms with van der Waals surface area (Å²) in [7, 11) is 0. The van der Waals surface area contributed by atoms with Crippen molar-refractivity contribution in [1.29, 1.82) is 0 Å². The number of pyridine rings is 1. The first-order valence-corrected chi connectivity index (χ1v) is 5.49. The van der Waals surface area contributed by atoms with E-state index in [0.717, 1.165) is 0 Å². The van der Waals surface area contributed by atoms with Gasteiger partial charge in [-0.15, -0.1) is 0 Å². The number of aromatic nitrogens is 3. The summed E-state index contributed by atoms with van der Waals surface area (Å²) in [5.74, 6) is 0.611. The highest BCUT2D eigenvalue weighted by molar-refractivity contribution is 5.40. The number of hydrogen-bond acceptors (Lipinski definition) is 5. The van der Waals surface area contributed by atoms with Gasteiger partial charge in [-0.3, -0.25) is 14.8 Å². The van der Waals surface area contributed by atoms with Crippen LogP contribution in [0.3, 0.4) is 0 Å². The molecule has 2 aromatic rings. The Morgan fingerprint density at radius 1 is 1.56 bits per heavy atom. The zero-order valence-corrected chi connectivity index (χ0v) is 9.85. The largest absolute Gasteiger partial charge is 0.366 e. The van der Waals surface area contributed by atoms with Crippen molar-refractivity contribution in [2.75, 3.05) is 5.32 Å². The Balaban J connectivity index is 1.94. The lowest BCUT2D eigenvalue weighted by atomic mass is 10.3. The summed E-state index contributed by atoms with van der Waals surface area (Å²) in [4.78, 5) is 14.0. The quantitative estimate of drug-likeness (QED) is 0.641. The molecule has 0 aliphatic rings. The number of nitrogens with zero attached hydrogens (tertiary/aromatic N) is 4. The van der Waals surface area contributed by atoms with E-state index in [1.807, 2.05) is 23.9 Å². The van der Waals surface area contributed by atoms with Gasteiger partial charge >= 0.3 is 0 Å². The van der Waals surface area contributed by atoms with E-state index >= 15 is 0 Å². The second-order valence-electron chi connectivity index (χ2n) is 3.93. The molecule has 0 aliphatic carbocycles. The Labute approximate surface area is 104 Å².